The van der Waals surface area contributed by atoms with Crippen LogP contribution in [0.1, 0.15) is 31.2 Å². The zero-order valence-electron chi connectivity index (χ0n) is 10.5. The molecule has 0 bridgehead atoms. The van der Waals surface area contributed by atoms with Crippen LogP contribution in [0.3, 0.4) is 0 Å². The fourth-order valence-corrected chi connectivity index (χ4v) is 2.66. The van der Waals surface area contributed by atoms with Crippen molar-refractivity contribution in [1.29, 1.82) is 0 Å². The van der Waals surface area contributed by atoms with Crippen molar-refractivity contribution in [2.75, 3.05) is 6.61 Å². The molecule has 1 aromatic rings. The van der Waals surface area contributed by atoms with Crippen LogP contribution in [0, 0.1) is 5.92 Å². The molecular formula is C14H21NO3. The molecular weight excluding hydrogens is 230 g/mol. The number of nitrogens with one attached hydrogen (secondary N) is 1. The van der Waals surface area contributed by atoms with Gasteiger partial charge in [0.05, 0.1) is 0 Å². The average molecular weight is 251 g/mol. The zero-order valence-corrected chi connectivity index (χ0v) is 10.5. The Kier molecular flexibility index (Phi) is 4.44. The quantitative estimate of drug-likeness (QED) is 0.615. The van der Waals surface area contributed by atoms with E-state index < -0.39 is 0 Å². The summed E-state index contributed by atoms with van der Waals surface area (Å²) in [7, 11) is 0. The van der Waals surface area contributed by atoms with Gasteiger partial charge in [-0.25, -0.2) is 0 Å². The number of aliphatic hydroxyl groups is 1. The molecule has 4 nitrogen and oxygen atoms in total. The first kappa shape index (κ1) is 13.2. The molecule has 0 radical (unpaired) electrons. The number of phenols is 2. The number of aliphatic hydroxyl groups excluding tert-OH is 1. The van der Waals surface area contributed by atoms with Crippen LogP contribution in [0.25, 0.3) is 0 Å². The highest BCUT2D eigenvalue weighted by Gasteiger charge is 2.24. The third kappa shape index (κ3) is 2.94. The van der Waals surface area contributed by atoms with E-state index in [-0.39, 0.29) is 18.1 Å². The van der Waals surface area contributed by atoms with E-state index >= 15 is 0 Å². The summed E-state index contributed by atoms with van der Waals surface area (Å²) >= 11 is 0. The molecule has 4 N–H and O–H groups in total. The summed E-state index contributed by atoms with van der Waals surface area (Å²) in [5.41, 5.74) is 0.692. The lowest BCUT2D eigenvalue weighted by Gasteiger charge is -2.31. The van der Waals surface area contributed by atoms with Gasteiger partial charge in [0.1, 0.15) is 0 Å². The van der Waals surface area contributed by atoms with Gasteiger partial charge in [0, 0.05) is 24.8 Å². The average Bonchev–Trinajstić information content (AvgIpc) is 2.41. The maximum atomic E-state index is 9.71. The summed E-state index contributed by atoms with van der Waals surface area (Å²) in [6, 6.07) is 5.27. The standard InChI is InChI=1S/C14H21NO3/c16-9-11-4-1-2-6-12(11)15-8-10-5-3-7-13(17)14(10)18/h3,5,7,11-12,15-18H,1-2,4,6,8-9H2. The first-order valence-corrected chi connectivity index (χ1v) is 6.56. The second kappa shape index (κ2) is 6.07. The molecule has 2 atom stereocenters. The van der Waals surface area contributed by atoms with E-state index in [0.29, 0.717) is 24.1 Å². The molecule has 1 aliphatic carbocycles. The third-order valence-electron chi connectivity index (χ3n) is 3.80. The molecule has 18 heavy (non-hydrogen) atoms. The van der Waals surface area contributed by atoms with Gasteiger partial charge < -0.3 is 20.6 Å². The Morgan fingerprint density at radius 3 is 2.72 bits per heavy atom. The Bertz CT molecular complexity index is 395. The van der Waals surface area contributed by atoms with E-state index in [1.807, 2.05) is 0 Å². The molecule has 1 aliphatic rings. The van der Waals surface area contributed by atoms with Gasteiger partial charge in [-0.1, -0.05) is 25.0 Å². The second-order valence-electron chi connectivity index (χ2n) is 5.00. The van der Waals surface area contributed by atoms with Crippen molar-refractivity contribution in [3.8, 4) is 11.5 Å². The minimum atomic E-state index is -0.0864. The van der Waals surface area contributed by atoms with Gasteiger partial charge in [0.2, 0.25) is 0 Å². The highest BCUT2D eigenvalue weighted by Crippen LogP contribution is 2.29. The van der Waals surface area contributed by atoms with Gasteiger partial charge in [0.15, 0.2) is 11.5 Å². The van der Waals surface area contributed by atoms with Crippen molar-refractivity contribution in [2.45, 2.75) is 38.3 Å². The maximum Gasteiger partial charge on any atom is 0.161 e. The van der Waals surface area contributed by atoms with Crippen molar-refractivity contribution in [3.63, 3.8) is 0 Å². The highest BCUT2D eigenvalue weighted by atomic mass is 16.3. The monoisotopic (exact) mass is 251 g/mol. The van der Waals surface area contributed by atoms with E-state index in [0.717, 1.165) is 12.8 Å². The Balaban J connectivity index is 1.96. The van der Waals surface area contributed by atoms with Crippen LogP contribution in [0.2, 0.25) is 0 Å². The molecule has 1 saturated carbocycles. The van der Waals surface area contributed by atoms with Gasteiger partial charge in [0.25, 0.3) is 0 Å². The molecule has 1 fully saturated rings. The Morgan fingerprint density at radius 2 is 1.94 bits per heavy atom. The number of hydrogen-bond donors (Lipinski definition) is 4. The predicted molar refractivity (Wildman–Crippen MR) is 69.4 cm³/mol. The second-order valence-corrected chi connectivity index (χ2v) is 5.00. The minimum absolute atomic E-state index is 0.0543. The summed E-state index contributed by atoms with van der Waals surface area (Å²) in [4.78, 5) is 0. The molecule has 4 heteroatoms. The van der Waals surface area contributed by atoms with E-state index in [1.165, 1.54) is 18.9 Å². The van der Waals surface area contributed by atoms with Gasteiger partial charge in [-0.05, 0) is 24.8 Å². The summed E-state index contributed by atoms with van der Waals surface area (Å²) in [6.45, 7) is 0.727. The Morgan fingerprint density at radius 1 is 1.17 bits per heavy atom. The lowest BCUT2D eigenvalue weighted by molar-refractivity contribution is 0.152. The van der Waals surface area contributed by atoms with Crippen LogP contribution >= 0.6 is 0 Å². The molecule has 0 spiro atoms. The fourth-order valence-electron chi connectivity index (χ4n) is 2.66. The number of aromatic hydroxyl groups is 2. The number of phenolic OH excluding ortho intramolecular Hbond substituents is 2. The highest BCUT2D eigenvalue weighted by molar-refractivity contribution is 5.44. The lowest BCUT2D eigenvalue weighted by atomic mass is 9.85. The van der Waals surface area contributed by atoms with Crippen LogP contribution in [-0.2, 0) is 6.54 Å². The molecule has 0 saturated heterocycles. The lowest BCUT2D eigenvalue weighted by Crippen LogP contribution is -2.39. The number of hydrogen-bond acceptors (Lipinski definition) is 4. The van der Waals surface area contributed by atoms with Crippen molar-refractivity contribution >= 4 is 0 Å². The molecule has 2 unspecified atom stereocenters. The SMILES string of the molecule is OCC1CCCCC1NCc1cccc(O)c1O. The van der Waals surface area contributed by atoms with Crippen LogP contribution in [0.5, 0.6) is 11.5 Å². The summed E-state index contributed by atoms with van der Waals surface area (Å²) in [5, 5.41) is 31.8. The third-order valence-corrected chi connectivity index (χ3v) is 3.80. The summed E-state index contributed by atoms with van der Waals surface area (Å²) < 4.78 is 0. The van der Waals surface area contributed by atoms with E-state index in [1.54, 1.807) is 12.1 Å². The predicted octanol–water partition coefficient (Wildman–Crippen LogP) is 1.74. The van der Waals surface area contributed by atoms with Gasteiger partial charge in [-0.2, -0.15) is 0 Å². The first-order valence-electron chi connectivity index (χ1n) is 6.56. The van der Waals surface area contributed by atoms with Gasteiger partial charge in [-0.3, -0.25) is 0 Å². The van der Waals surface area contributed by atoms with Gasteiger partial charge >= 0.3 is 0 Å². The number of benzene rings is 1. The molecule has 0 aromatic heterocycles. The van der Waals surface area contributed by atoms with Crippen LogP contribution < -0.4 is 5.32 Å². The van der Waals surface area contributed by atoms with E-state index in [9.17, 15) is 15.3 Å². The van der Waals surface area contributed by atoms with Crippen LogP contribution in [-0.4, -0.2) is 28.0 Å². The van der Waals surface area contributed by atoms with Crippen molar-refractivity contribution in [2.24, 2.45) is 5.92 Å². The van der Waals surface area contributed by atoms with Crippen LogP contribution in [0.4, 0.5) is 0 Å². The van der Waals surface area contributed by atoms with Crippen molar-refractivity contribution in [3.05, 3.63) is 23.8 Å². The largest absolute Gasteiger partial charge is 0.504 e. The molecule has 100 valence electrons. The Labute approximate surface area is 107 Å². The molecule has 0 heterocycles. The van der Waals surface area contributed by atoms with E-state index in [2.05, 4.69) is 5.32 Å². The van der Waals surface area contributed by atoms with Gasteiger partial charge in [-0.15, -0.1) is 0 Å². The zero-order chi connectivity index (χ0) is 13.0. The number of rotatable bonds is 4. The topological polar surface area (TPSA) is 72.7 Å². The fraction of sp³-hybridized carbons (Fsp3) is 0.571. The summed E-state index contributed by atoms with van der Waals surface area (Å²) in [5.74, 6) is 0.163. The summed E-state index contributed by atoms with van der Waals surface area (Å²) in [6.07, 6.45) is 4.48. The minimum Gasteiger partial charge on any atom is -0.504 e. The van der Waals surface area contributed by atoms with Crippen molar-refractivity contribution in [1.82, 2.24) is 5.32 Å². The Hall–Kier alpha value is -1.26. The normalized spacial score (nSPS) is 24.1. The van der Waals surface area contributed by atoms with Crippen LogP contribution in [0.15, 0.2) is 18.2 Å². The maximum absolute atomic E-state index is 9.71. The van der Waals surface area contributed by atoms with Crippen molar-refractivity contribution < 1.29 is 15.3 Å². The molecule has 2 rings (SSSR count). The molecule has 1 aromatic carbocycles. The van der Waals surface area contributed by atoms with E-state index in [4.69, 9.17) is 0 Å². The number of para-hydroxylation sites is 1. The molecule has 0 aliphatic heterocycles. The smallest absolute Gasteiger partial charge is 0.161 e. The first-order chi connectivity index (χ1) is 8.72. The molecule has 0 amide bonds.